The summed E-state index contributed by atoms with van der Waals surface area (Å²) in [6.45, 7) is 0.932. The van der Waals surface area contributed by atoms with Crippen LogP contribution in [-0.4, -0.2) is 54.6 Å². The SMILES string of the molecule is COc1cc(CCCCN[C@H](C(=O)O)c2ccc(Cl)c(Cl)c2)ccc1OCCN1C(=O)CCC1=O. The first-order valence-electron chi connectivity index (χ1n) is 11.3. The number of rotatable bonds is 13. The Kier molecular flexibility index (Phi) is 9.77. The van der Waals surface area contributed by atoms with Gasteiger partial charge in [0, 0.05) is 12.8 Å². The van der Waals surface area contributed by atoms with Gasteiger partial charge in [-0.2, -0.15) is 0 Å². The molecule has 2 aromatic carbocycles. The number of nitrogens with one attached hydrogen (secondary N) is 1. The fourth-order valence-corrected chi connectivity index (χ4v) is 4.15. The first kappa shape index (κ1) is 26.8. The molecule has 8 nitrogen and oxygen atoms in total. The van der Waals surface area contributed by atoms with E-state index in [4.69, 9.17) is 32.7 Å². The van der Waals surface area contributed by atoms with E-state index in [1.54, 1.807) is 25.3 Å². The Morgan fingerprint density at radius 1 is 1.06 bits per heavy atom. The Hall–Kier alpha value is -2.81. The first-order valence-corrected chi connectivity index (χ1v) is 12.1. The maximum atomic E-state index is 11.7. The van der Waals surface area contributed by atoms with Crippen molar-refractivity contribution in [3.63, 3.8) is 0 Å². The number of hydrogen-bond donors (Lipinski definition) is 2. The van der Waals surface area contributed by atoms with E-state index in [1.807, 2.05) is 18.2 Å². The molecule has 0 unspecified atom stereocenters. The molecule has 0 aromatic heterocycles. The number of hydrogen-bond acceptors (Lipinski definition) is 6. The minimum absolute atomic E-state index is 0.165. The number of carbonyl (C=O) groups is 3. The lowest BCUT2D eigenvalue weighted by Gasteiger charge is -2.16. The van der Waals surface area contributed by atoms with E-state index in [-0.39, 0.29) is 37.8 Å². The van der Waals surface area contributed by atoms with Crippen molar-refractivity contribution in [1.82, 2.24) is 10.2 Å². The van der Waals surface area contributed by atoms with Gasteiger partial charge in [0.2, 0.25) is 11.8 Å². The molecule has 0 bridgehead atoms. The molecule has 2 N–H and O–H groups in total. The van der Waals surface area contributed by atoms with Crippen LogP contribution in [0.4, 0.5) is 0 Å². The molecule has 188 valence electrons. The summed E-state index contributed by atoms with van der Waals surface area (Å²) in [6.07, 6.45) is 2.91. The minimum Gasteiger partial charge on any atom is -0.493 e. The summed E-state index contributed by atoms with van der Waals surface area (Å²) in [5, 5.41) is 13.3. The number of benzene rings is 2. The van der Waals surface area contributed by atoms with E-state index in [0.717, 1.165) is 24.8 Å². The minimum atomic E-state index is -0.984. The van der Waals surface area contributed by atoms with Gasteiger partial charge in [0.05, 0.1) is 23.7 Å². The molecule has 0 aliphatic carbocycles. The molecule has 10 heteroatoms. The number of ether oxygens (including phenoxy) is 2. The van der Waals surface area contributed by atoms with Crippen molar-refractivity contribution in [3.05, 3.63) is 57.6 Å². The molecule has 1 fully saturated rings. The highest BCUT2D eigenvalue weighted by atomic mass is 35.5. The van der Waals surface area contributed by atoms with Crippen LogP contribution in [0.1, 0.15) is 42.9 Å². The van der Waals surface area contributed by atoms with Crippen molar-refractivity contribution < 1.29 is 29.0 Å². The van der Waals surface area contributed by atoms with E-state index < -0.39 is 12.0 Å². The fourth-order valence-electron chi connectivity index (χ4n) is 3.85. The van der Waals surface area contributed by atoms with Crippen LogP contribution in [0.3, 0.4) is 0 Å². The number of unbranched alkanes of at least 4 members (excludes halogenated alkanes) is 1. The first-order chi connectivity index (χ1) is 16.8. The molecule has 0 saturated carbocycles. The lowest BCUT2D eigenvalue weighted by molar-refractivity contribution is -0.140. The van der Waals surface area contributed by atoms with E-state index >= 15 is 0 Å². The van der Waals surface area contributed by atoms with Gasteiger partial charge >= 0.3 is 5.97 Å². The van der Waals surface area contributed by atoms with Crippen LogP contribution in [0, 0.1) is 0 Å². The largest absolute Gasteiger partial charge is 0.493 e. The number of imide groups is 1. The number of nitrogens with zero attached hydrogens (tertiary/aromatic N) is 1. The zero-order valence-electron chi connectivity index (χ0n) is 19.4. The molecule has 35 heavy (non-hydrogen) atoms. The Bertz CT molecular complexity index is 1060. The summed E-state index contributed by atoms with van der Waals surface area (Å²) in [5.41, 5.74) is 1.60. The molecule has 1 heterocycles. The summed E-state index contributed by atoms with van der Waals surface area (Å²) in [6, 6.07) is 9.57. The maximum Gasteiger partial charge on any atom is 0.325 e. The van der Waals surface area contributed by atoms with Crippen LogP contribution in [0.2, 0.25) is 10.0 Å². The second-order valence-corrected chi connectivity index (χ2v) is 8.94. The Balaban J connectivity index is 1.45. The highest BCUT2D eigenvalue weighted by molar-refractivity contribution is 6.42. The molecule has 1 aliphatic heterocycles. The van der Waals surface area contributed by atoms with Gasteiger partial charge in [0.25, 0.3) is 0 Å². The van der Waals surface area contributed by atoms with Gasteiger partial charge < -0.3 is 19.9 Å². The van der Waals surface area contributed by atoms with Crippen molar-refractivity contribution in [2.24, 2.45) is 0 Å². The van der Waals surface area contributed by atoms with Gasteiger partial charge in [0.1, 0.15) is 12.6 Å². The van der Waals surface area contributed by atoms with Crippen LogP contribution in [0.25, 0.3) is 0 Å². The van der Waals surface area contributed by atoms with Crippen LogP contribution in [0.15, 0.2) is 36.4 Å². The van der Waals surface area contributed by atoms with Crippen LogP contribution in [-0.2, 0) is 20.8 Å². The number of aliphatic carboxylic acids is 1. The van der Waals surface area contributed by atoms with Crippen molar-refractivity contribution >= 4 is 41.0 Å². The molecule has 1 aliphatic rings. The van der Waals surface area contributed by atoms with Gasteiger partial charge in [-0.25, -0.2) is 0 Å². The highest BCUT2D eigenvalue weighted by Crippen LogP contribution is 2.29. The number of halogens is 2. The molecule has 2 aromatic rings. The summed E-state index contributed by atoms with van der Waals surface area (Å²) in [4.78, 5) is 36.3. The van der Waals surface area contributed by atoms with Crippen molar-refractivity contribution in [2.75, 3.05) is 26.8 Å². The molecule has 2 amide bonds. The summed E-state index contributed by atoms with van der Waals surface area (Å²) >= 11 is 11.9. The second kappa shape index (κ2) is 12.8. The standard InChI is InChI=1S/C25H28Cl2N2O6/c1-34-21-14-16(5-8-20(21)35-13-12-29-22(30)9-10-23(29)31)4-2-3-11-28-24(25(32)33)17-6-7-18(26)19(27)15-17/h5-8,14-15,24,28H,2-4,9-13H2,1H3,(H,32,33)/t24-/m0/s1. The Morgan fingerprint density at radius 2 is 1.80 bits per heavy atom. The molecular weight excluding hydrogens is 495 g/mol. The topological polar surface area (TPSA) is 105 Å². The zero-order chi connectivity index (χ0) is 25.4. The number of aryl methyl sites for hydroxylation is 1. The van der Waals surface area contributed by atoms with Crippen molar-refractivity contribution in [3.8, 4) is 11.5 Å². The predicted molar refractivity (Wildman–Crippen MR) is 132 cm³/mol. The van der Waals surface area contributed by atoms with Crippen molar-refractivity contribution in [2.45, 2.75) is 38.1 Å². The molecule has 0 spiro atoms. The van der Waals surface area contributed by atoms with Gasteiger partial charge in [-0.1, -0.05) is 35.3 Å². The number of methoxy groups -OCH3 is 1. The third-order valence-electron chi connectivity index (χ3n) is 5.72. The highest BCUT2D eigenvalue weighted by Gasteiger charge is 2.28. The number of amides is 2. The molecular formula is C25H28Cl2N2O6. The van der Waals surface area contributed by atoms with Gasteiger partial charge in [-0.15, -0.1) is 0 Å². The van der Waals surface area contributed by atoms with Gasteiger partial charge in [0.15, 0.2) is 11.5 Å². The lowest BCUT2D eigenvalue weighted by atomic mass is 10.1. The third-order valence-corrected chi connectivity index (χ3v) is 6.46. The molecule has 1 saturated heterocycles. The number of carboxylic acid groups (broad SMARTS) is 1. The monoisotopic (exact) mass is 522 g/mol. The number of likely N-dealkylation sites (tertiary alicyclic amines) is 1. The Labute approximate surface area is 214 Å². The normalized spacial score (nSPS) is 14.3. The van der Waals surface area contributed by atoms with E-state index in [0.29, 0.717) is 33.7 Å². The third kappa shape index (κ3) is 7.34. The van der Waals surface area contributed by atoms with Crippen LogP contribution < -0.4 is 14.8 Å². The second-order valence-electron chi connectivity index (χ2n) is 8.13. The predicted octanol–water partition coefficient (Wildman–Crippen LogP) is 4.27. The maximum absolute atomic E-state index is 11.7. The van der Waals surface area contributed by atoms with E-state index in [1.165, 1.54) is 4.90 Å². The molecule has 3 rings (SSSR count). The van der Waals surface area contributed by atoms with E-state index in [9.17, 15) is 19.5 Å². The van der Waals surface area contributed by atoms with E-state index in [2.05, 4.69) is 5.32 Å². The lowest BCUT2D eigenvalue weighted by Crippen LogP contribution is -2.33. The summed E-state index contributed by atoms with van der Waals surface area (Å²) in [5.74, 6) is -0.195. The Morgan fingerprint density at radius 3 is 2.46 bits per heavy atom. The summed E-state index contributed by atoms with van der Waals surface area (Å²) in [7, 11) is 1.55. The smallest absolute Gasteiger partial charge is 0.325 e. The average Bonchev–Trinajstić information content (AvgIpc) is 3.15. The van der Waals surface area contributed by atoms with Crippen molar-refractivity contribution in [1.29, 1.82) is 0 Å². The fraction of sp³-hybridized carbons (Fsp3) is 0.400. The van der Waals surface area contributed by atoms with Gasteiger partial charge in [-0.3, -0.25) is 19.3 Å². The summed E-state index contributed by atoms with van der Waals surface area (Å²) < 4.78 is 11.2. The zero-order valence-corrected chi connectivity index (χ0v) is 20.9. The van der Waals surface area contributed by atoms with Crippen LogP contribution >= 0.6 is 23.2 Å². The van der Waals surface area contributed by atoms with Crippen LogP contribution in [0.5, 0.6) is 11.5 Å². The number of carboxylic acids is 1. The average molecular weight is 523 g/mol. The molecule has 0 radical (unpaired) electrons. The quantitative estimate of drug-likeness (QED) is 0.299. The molecule has 1 atom stereocenters. The van der Waals surface area contributed by atoms with Gasteiger partial charge in [-0.05, 0) is 61.2 Å². The number of carbonyl (C=O) groups excluding carboxylic acids is 2.